The Bertz CT molecular complexity index is 681. The Morgan fingerprint density at radius 2 is 1.38 bits per heavy atom. The van der Waals surface area contributed by atoms with Crippen molar-refractivity contribution < 1.29 is 0 Å². The molecule has 0 N–H and O–H groups in total. The van der Waals surface area contributed by atoms with Crippen LogP contribution in [0.2, 0.25) is 0 Å². The molecule has 4 aliphatic rings. The van der Waals surface area contributed by atoms with E-state index in [9.17, 15) is 0 Å². The van der Waals surface area contributed by atoms with Crippen LogP contribution in [-0.4, -0.2) is 92.6 Å². The minimum Gasteiger partial charge on any atom is -0.298 e. The topological polar surface area (TPSA) is 13.0 Å². The van der Waals surface area contributed by atoms with Crippen molar-refractivity contribution >= 4 is 0 Å². The summed E-state index contributed by atoms with van der Waals surface area (Å²) in [5, 5.41) is 0. The van der Waals surface area contributed by atoms with E-state index in [1.165, 1.54) is 71.4 Å². The van der Waals surface area contributed by atoms with Gasteiger partial charge in [-0.3, -0.25) is 19.6 Å². The lowest BCUT2D eigenvalue weighted by Gasteiger charge is -2.62. The molecule has 4 heteroatoms. The van der Waals surface area contributed by atoms with Gasteiger partial charge in [-0.2, -0.15) is 0 Å². The Labute approximate surface area is 200 Å². The lowest BCUT2D eigenvalue weighted by molar-refractivity contribution is -0.121. The van der Waals surface area contributed by atoms with Gasteiger partial charge in [0.05, 0.1) is 0 Å². The molecule has 0 aromatic rings. The Morgan fingerprint density at radius 1 is 0.781 bits per heavy atom. The molecule has 2 atom stereocenters. The predicted octanol–water partition coefficient (Wildman–Crippen LogP) is 5.08. The van der Waals surface area contributed by atoms with Crippen molar-refractivity contribution in [3.05, 3.63) is 0 Å². The standard InChI is InChI=1S/C28H54N4/c1-22(2)29-14-16-32(25(6,7)8)28(21-29)19-23(28)18-26(9,10)30-15-17-31(24(3,4)5)27(20-30)12-11-13-27/h22-23H,11-21H2,1-10H3/t23?,28-/m1/s1. The van der Waals surface area contributed by atoms with Crippen LogP contribution in [0, 0.1) is 5.92 Å². The molecule has 2 heterocycles. The van der Waals surface area contributed by atoms with Crippen LogP contribution < -0.4 is 0 Å². The molecule has 4 fully saturated rings. The quantitative estimate of drug-likeness (QED) is 0.597. The van der Waals surface area contributed by atoms with E-state index in [1.54, 1.807) is 0 Å². The summed E-state index contributed by atoms with van der Waals surface area (Å²) in [7, 11) is 0. The second-order valence-corrected chi connectivity index (χ2v) is 14.7. The highest BCUT2D eigenvalue weighted by atomic mass is 15.4. The van der Waals surface area contributed by atoms with Crippen LogP contribution in [0.1, 0.15) is 101 Å². The number of piperazine rings is 2. The lowest BCUT2D eigenvalue weighted by Crippen LogP contribution is -2.72. The van der Waals surface area contributed by atoms with E-state index >= 15 is 0 Å². The summed E-state index contributed by atoms with van der Waals surface area (Å²) >= 11 is 0. The first-order valence-electron chi connectivity index (χ1n) is 13.7. The fraction of sp³-hybridized carbons (Fsp3) is 1.00. The largest absolute Gasteiger partial charge is 0.298 e. The van der Waals surface area contributed by atoms with Crippen LogP contribution >= 0.6 is 0 Å². The molecule has 4 rings (SSSR count). The molecular weight excluding hydrogens is 392 g/mol. The summed E-state index contributed by atoms with van der Waals surface area (Å²) < 4.78 is 0. The molecule has 2 saturated carbocycles. The van der Waals surface area contributed by atoms with Gasteiger partial charge in [-0.1, -0.05) is 0 Å². The summed E-state index contributed by atoms with van der Waals surface area (Å²) in [5.41, 5.74) is 1.67. The Morgan fingerprint density at radius 3 is 1.88 bits per heavy atom. The minimum absolute atomic E-state index is 0.260. The van der Waals surface area contributed by atoms with Gasteiger partial charge < -0.3 is 0 Å². The summed E-state index contributed by atoms with van der Waals surface area (Å²) in [5.74, 6) is 0.830. The van der Waals surface area contributed by atoms with Crippen LogP contribution in [0.5, 0.6) is 0 Å². The van der Waals surface area contributed by atoms with E-state index in [0.29, 0.717) is 17.1 Å². The average Bonchev–Trinajstić information content (AvgIpc) is 3.27. The number of nitrogens with zero attached hydrogens (tertiary/aromatic N) is 4. The SMILES string of the molecule is CC(C)N1CCN(C(C)(C)C)[C@]2(CC2CC(C)(C)N2CCN(C(C)(C)C)C3(CCC3)C2)C1. The van der Waals surface area contributed by atoms with Crippen molar-refractivity contribution in [1.29, 1.82) is 0 Å². The molecule has 2 aliphatic carbocycles. The van der Waals surface area contributed by atoms with Gasteiger partial charge in [-0.15, -0.1) is 0 Å². The maximum absolute atomic E-state index is 2.89. The molecular formula is C28H54N4. The third-order valence-electron chi connectivity index (χ3n) is 9.71. The van der Waals surface area contributed by atoms with E-state index < -0.39 is 0 Å². The Kier molecular flexibility index (Phi) is 6.18. The highest BCUT2D eigenvalue weighted by Crippen LogP contribution is 2.57. The first-order valence-corrected chi connectivity index (χ1v) is 13.7. The first-order chi connectivity index (χ1) is 14.6. The van der Waals surface area contributed by atoms with Crippen LogP contribution in [0.4, 0.5) is 0 Å². The molecule has 4 nitrogen and oxygen atoms in total. The fourth-order valence-electron chi connectivity index (χ4n) is 7.85. The second kappa shape index (κ2) is 7.93. The smallest absolute Gasteiger partial charge is 0.0375 e. The van der Waals surface area contributed by atoms with Gasteiger partial charge in [0.15, 0.2) is 0 Å². The first kappa shape index (κ1) is 24.9. The van der Waals surface area contributed by atoms with E-state index in [-0.39, 0.29) is 16.6 Å². The monoisotopic (exact) mass is 446 g/mol. The number of hydrogen-bond donors (Lipinski definition) is 0. The maximum atomic E-state index is 2.89. The summed E-state index contributed by atoms with van der Waals surface area (Å²) in [6.45, 7) is 31.9. The van der Waals surface area contributed by atoms with Crippen LogP contribution in [0.15, 0.2) is 0 Å². The molecule has 0 amide bonds. The van der Waals surface area contributed by atoms with E-state index in [4.69, 9.17) is 0 Å². The van der Waals surface area contributed by atoms with Gasteiger partial charge in [0.25, 0.3) is 0 Å². The fourth-order valence-corrected chi connectivity index (χ4v) is 7.85. The number of hydrogen-bond acceptors (Lipinski definition) is 4. The van der Waals surface area contributed by atoms with E-state index in [0.717, 1.165) is 5.92 Å². The Hall–Kier alpha value is -0.160. The normalized spacial score (nSPS) is 33.3. The minimum atomic E-state index is 0.260. The van der Waals surface area contributed by atoms with Crippen molar-refractivity contribution in [3.63, 3.8) is 0 Å². The van der Waals surface area contributed by atoms with E-state index in [1.807, 2.05) is 0 Å². The molecule has 0 bridgehead atoms. The summed E-state index contributed by atoms with van der Waals surface area (Å²) in [6.07, 6.45) is 6.94. The zero-order valence-corrected chi connectivity index (χ0v) is 23.2. The summed E-state index contributed by atoms with van der Waals surface area (Å²) in [4.78, 5) is 11.4. The molecule has 0 radical (unpaired) electrons. The molecule has 0 aromatic carbocycles. The zero-order chi connectivity index (χ0) is 23.7. The van der Waals surface area contributed by atoms with Crippen molar-refractivity contribution in [3.8, 4) is 0 Å². The molecule has 2 saturated heterocycles. The van der Waals surface area contributed by atoms with Gasteiger partial charge in [0, 0.05) is 73.0 Å². The molecule has 32 heavy (non-hydrogen) atoms. The predicted molar refractivity (Wildman–Crippen MR) is 137 cm³/mol. The highest BCUT2D eigenvalue weighted by Gasteiger charge is 2.63. The van der Waals surface area contributed by atoms with E-state index in [2.05, 4.69) is 88.8 Å². The van der Waals surface area contributed by atoms with Gasteiger partial charge in [0.2, 0.25) is 0 Å². The highest BCUT2D eigenvalue weighted by molar-refractivity contribution is 5.19. The molecule has 186 valence electrons. The van der Waals surface area contributed by atoms with Gasteiger partial charge >= 0.3 is 0 Å². The molecule has 2 aliphatic heterocycles. The van der Waals surface area contributed by atoms with Gasteiger partial charge in [-0.25, -0.2) is 0 Å². The Balaban J connectivity index is 1.48. The zero-order valence-electron chi connectivity index (χ0n) is 23.2. The third kappa shape index (κ3) is 4.32. The van der Waals surface area contributed by atoms with Crippen LogP contribution in [0.3, 0.4) is 0 Å². The van der Waals surface area contributed by atoms with Crippen LogP contribution in [0.25, 0.3) is 0 Å². The molecule has 2 spiro atoms. The second-order valence-electron chi connectivity index (χ2n) is 14.7. The van der Waals surface area contributed by atoms with Crippen molar-refractivity contribution in [2.45, 2.75) is 135 Å². The molecule has 1 unspecified atom stereocenters. The van der Waals surface area contributed by atoms with Gasteiger partial charge in [0.1, 0.15) is 0 Å². The van der Waals surface area contributed by atoms with Crippen molar-refractivity contribution in [2.24, 2.45) is 5.92 Å². The number of rotatable bonds is 4. The summed E-state index contributed by atoms with van der Waals surface area (Å²) in [6, 6.07) is 0.659. The lowest BCUT2D eigenvalue weighted by atomic mass is 9.71. The third-order valence-corrected chi connectivity index (χ3v) is 9.71. The van der Waals surface area contributed by atoms with Crippen molar-refractivity contribution in [1.82, 2.24) is 19.6 Å². The van der Waals surface area contributed by atoms with Crippen molar-refractivity contribution in [2.75, 3.05) is 39.3 Å². The maximum Gasteiger partial charge on any atom is 0.0375 e. The van der Waals surface area contributed by atoms with Gasteiger partial charge in [-0.05, 0) is 107 Å². The average molecular weight is 447 g/mol. The van der Waals surface area contributed by atoms with Crippen LogP contribution in [-0.2, 0) is 0 Å². The molecule has 0 aromatic heterocycles.